The summed E-state index contributed by atoms with van der Waals surface area (Å²) < 4.78 is 0. The first-order chi connectivity index (χ1) is 9.36. The Morgan fingerprint density at radius 2 is 1.84 bits per heavy atom. The summed E-state index contributed by atoms with van der Waals surface area (Å²) in [5.74, 6) is 0.280. The lowest BCUT2D eigenvalue weighted by Gasteiger charge is -2.43. The van der Waals surface area contributed by atoms with E-state index < -0.39 is 0 Å². The molecule has 0 aromatic rings. The third-order valence-electron chi connectivity index (χ3n) is 5.06. The van der Waals surface area contributed by atoms with Crippen molar-refractivity contribution in [3.8, 4) is 0 Å². The lowest BCUT2D eigenvalue weighted by molar-refractivity contribution is -0.128. The molecule has 0 spiro atoms. The first-order valence-corrected chi connectivity index (χ1v) is 8.13. The quantitative estimate of drug-likeness (QED) is 0.790. The highest BCUT2D eigenvalue weighted by Gasteiger charge is 2.38. The molecule has 1 amide bonds. The summed E-state index contributed by atoms with van der Waals surface area (Å²) in [7, 11) is 0. The van der Waals surface area contributed by atoms with E-state index in [9.17, 15) is 4.79 Å². The van der Waals surface area contributed by atoms with Crippen LogP contribution in [0.2, 0.25) is 0 Å². The monoisotopic (exact) mass is 265 g/mol. The molecule has 2 N–H and O–H groups in total. The summed E-state index contributed by atoms with van der Waals surface area (Å²) in [4.78, 5) is 14.8. The molecule has 3 rings (SSSR count). The second kappa shape index (κ2) is 6.23. The van der Waals surface area contributed by atoms with Gasteiger partial charge in [-0.05, 0) is 58.0 Å². The van der Waals surface area contributed by atoms with Gasteiger partial charge in [-0.15, -0.1) is 0 Å². The Morgan fingerprint density at radius 1 is 0.947 bits per heavy atom. The summed E-state index contributed by atoms with van der Waals surface area (Å²) in [6.45, 7) is 3.14. The fourth-order valence-corrected chi connectivity index (χ4v) is 4.08. The van der Waals surface area contributed by atoms with Gasteiger partial charge in [0.05, 0.1) is 6.04 Å². The van der Waals surface area contributed by atoms with Crippen LogP contribution in [0.5, 0.6) is 0 Å². The number of carbonyl (C=O) groups is 1. The molecule has 0 saturated carbocycles. The van der Waals surface area contributed by atoms with Crippen LogP contribution in [0.15, 0.2) is 0 Å². The van der Waals surface area contributed by atoms with Gasteiger partial charge in [-0.2, -0.15) is 0 Å². The van der Waals surface area contributed by atoms with Crippen LogP contribution in [-0.2, 0) is 4.79 Å². The molecule has 0 bridgehead atoms. The number of carbonyl (C=O) groups excluding carboxylic acids is 1. The molecule has 3 atom stereocenters. The molecule has 3 aliphatic rings. The molecule has 19 heavy (non-hydrogen) atoms. The van der Waals surface area contributed by atoms with Gasteiger partial charge in [-0.25, -0.2) is 0 Å². The number of nitrogens with zero attached hydrogens (tertiary/aromatic N) is 1. The Labute approximate surface area is 116 Å². The van der Waals surface area contributed by atoms with Gasteiger partial charge in [0.2, 0.25) is 5.91 Å². The molecule has 0 aromatic carbocycles. The lowest BCUT2D eigenvalue weighted by atomic mass is 9.91. The number of likely N-dealkylation sites (tertiary alicyclic amines) is 1. The minimum absolute atomic E-state index is 0.134. The summed E-state index contributed by atoms with van der Waals surface area (Å²) in [6.07, 6.45) is 9.81. The standard InChI is InChI=1S/C15H27N3O/c19-15-14(8-1-3-9-17-15)18-11-4-2-7-13(18)12-6-5-10-16-12/h12-14,16H,1-11H2,(H,17,19). The van der Waals surface area contributed by atoms with Crippen LogP contribution in [0.3, 0.4) is 0 Å². The molecule has 3 fully saturated rings. The predicted molar refractivity (Wildman–Crippen MR) is 76.0 cm³/mol. The van der Waals surface area contributed by atoms with E-state index >= 15 is 0 Å². The van der Waals surface area contributed by atoms with Crippen molar-refractivity contribution in [3.63, 3.8) is 0 Å². The minimum atomic E-state index is 0.134. The van der Waals surface area contributed by atoms with Crippen LogP contribution >= 0.6 is 0 Å². The van der Waals surface area contributed by atoms with Crippen LogP contribution in [0, 0.1) is 0 Å². The molecule has 0 aromatic heterocycles. The number of amides is 1. The van der Waals surface area contributed by atoms with Crippen molar-refractivity contribution in [2.75, 3.05) is 19.6 Å². The molecule has 4 nitrogen and oxygen atoms in total. The average molecular weight is 265 g/mol. The largest absolute Gasteiger partial charge is 0.355 e. The fourth-order valence-electron chi connectivity index (χ4n) is 4.08. The second-order valence-electron chi connectivity index (χ2n) is 6.31. The second-order valence-corrected chi connectivity index (χ2v) is 6.31. The van der Waals surface area contributed by atoms with E-state index in [0.29, 0.717) is 12.1 Å². The third-order valence-corrected chi connectivity index (χ3v) is 5.06. The number of hydrogen-bond acceptors (Lipinski definition) is 3. The van der Waals surface area contributed by atoms with Crippen LogP contribution in [0.1, 0.15) is 51.4 Å². The highest BCUT2D eigenvalue weighted by atomic mass is 16.2. The zero-order chi connectivity index (χ0) is 13.1. The molecule has 0 aliphatic carbocycles. The van der Waals surface area contributed by atoms with E-state index in [2.05, 4.69) is 15.5 Å². The summed E-state index contributed by atoms with van der Waals surface area (Å²) in [6, 6.07) is 1.34. The molecule has 3 unspecified atom stereocenters. The van der Waals surface area contributed by atoms with E-state index in [1.165, 1.54) is 38.5 Å². The van der Waals surface area contributed by atoms with Crippen LogP contribution < -0.4 is 10.6 Å². The van der Waals surface area contributed by atoms with Crippen molar-refractivity contribution >= 4 is 5.91 Å². The van der Waals surface area contributed by atoms with E-state index in [1.807, 2.05) is 0 Å². The first kappa shape index (κ1) is 13.4. The maximum atomic E-state index is 12.3. The van der Waals surface area contributed by atoms with E-state index in [1.54, 1.807) is 0 Å². The summed E-state index contributed by atoms with van der Waals surface area (Å²) in [5.41, 5.74) is 0. The normalized spacial score (nSPS) is 37.9. The number of hydrogen-bond donors (Lipinski definition) is 2. The van der Waals surface area contributed by atoms with E-state index in [-0.39, 0.29) is 11.9 Å². The fraction of sp³-hybridized carbons (Fsp3) is 0.933. The predicted octanol–water partition coefficient (Wildman–Crippen LogP) is 1.26. The first-order valence-electron chi connectivity index (χ1n) is 8.13. The molecule has 108 valence electrons. The van der Waals surface area contributed by atoms with Crippen molar-refractivity contribution in [2.45, 2.75) is 69.5 Å². The van der Waals surface area contributed by atoms with Gasteiger partial charge in [0.1, 0.15) is 0 Å². The Kier molecular flexibility index (Phi) is 4.38. The number of nitrogens with one attached hydrogen (secondary N) is 2. The molecular weight excluding hydrogens is 238 g/mol. The van der Waals surface area contributed by atoms with Crippen LogP contribution in [-0.4, -0.2) is 48.6 Å². The Balaban J connectivity index is 1.72. The lowest BCUT2D eigenvalue weighted by Crippen LogP contribution is -2.57. The topological polar surface area (TPSA) is 44.4 Å². The van der Waals surface area contributed by atoms with Gasteiger partial charge in [-0.1, -0.05) is 6.42 Å². The minimum Gasteiger partial charge on any atom is -0.355 e. The van der Waals surface area contributed by atoms with Crippen molar-refractivity contribution in [2.24, 2.45) is 0 Å². The van der Waals surface area contributed by atoms with Gasteiger partial charge >= 0.3 is 0 Å². The Bertz CT molecular complexity index is 315. The summed E-state index contributed by atoms with van der Waals surface area (Å²) in [5, 5.41) is 6.75. The Hall–Kier alpha value is -0.610. The molecule has 4 heteroatoms. The van der Waals surface area contributed by atoms with Gasteiger partial charge < -0.3 is 10.6 Å². The maximum Gasteiger partial charge on any atom is 0.237 e. The van der Waals surface area contributed by atoms with Crippen molar-refractivity contribution in [1.82, 2.24) is 15.5 Å². The molecular formula is C15H27N3O. The van der Waals surface area contributed by atoms with Gasteiger partial charge in [0, 0.05) is 18.6 Å². The number of piperidine rings is 1. The average Bonchev–Trinajstić information content (AvgIpc) is 2.89. The highest BCUT2D eigenvalue weighted by molar-refractivity contribution is 5.82. The zero-order valence-electron chi connectivity index (χ0n) is 11.9. The highest BCUT2D eigenvalue weighted by Crippen LogP contribution is 2.28. The molecule has 0 radical (unpaired) electrons. The zero-order valence-corrected chi connectivity index (χ0v) is 11.9. The molecule has 3 aliphatic heterocycles. The van der Waals surface area contributed by atoms with Gasteiger partial charge in [-0.3, -0.25) is 9.69 Å². The summed E-state index contributed by atoms with van der Waals surface area (Å²) >= 11 is 0. The van der Waals surface area contributed by atoms with E-state index in [4.69, 9.17) is 0 Å². The SMILES string of the molecule is O=C1NCCCCC1N1CCCCC1C1CCCN1. The van der Waals surface area contributed by atoms with Crippen molar-refractivity contribution in [3.05, 3.63) is 0 Å². The van der Waals surface area contributed by atoms with E-state index in [0.717, 1.165) is 32.5 Å². The van der Waals surface area contributed by atoms with Crippen molar-refractivity contribution < 1.29 is 4.79 Å². The van der Waals surface area contributed by atoms with Gasteiger partial charge in [0.15, 0.2) is 0 Å². The maximum absolute atomic E-state index is 12.3. The Morgan fingerprint density at radius 3 is 2.68 bits per heavy atom. The van der Waals surface area contributed by atoms with Crippen LogP contribution in [0.25, 0.3) is 0 Å². The van der Waals surface area contributed by atoms with Crippen LogP contribution in [0.4, 0.5) is 0 Å². The number of rotatable bonds is 2. The van der Waals surface area contributed by atoms with Gasteiger partial charge in [0.25, 0.3) is 0 Å². The third kappa shape index (κ3) is 2.95. The smallest absolute Gasteiger partial charge is 0.237 e. The molecule has 3 heterocycles. The molecule has 3 saturated heterocycles. The van der Waals surface area contributed by atoms with Crippen molar-refractivity contribution in [1.29, 1.82) is 0 Å².